The van der Waals surface area contributed by atoms with E-state index < -0.39 is 76.7 Å². The lowest BCUT2D eigenvalue weighted by molar-refractivity contribution is -0.161. The predicted molar refractivity (Wildman–Crippen MR) is 237 cm³/mol. The summed E-state index contributed by atoms with van der Waals surface area (Å²) in [5.41, 5.74) is 0. The molecule has 0 radical (unpaired) electrons. The Labute approximate surface area is 358 Å². The van der Waals surface area contributed by atoms with Crippen molar-refractivity contribution in [3.63, 3.8) is 0 Å². The first-order chi connectivity index (χ1) is 28.9. The van der Waals surface area contributed by atoms with Crippen molar-refractivity contribution >= 4 is 19.8 Å². The number of esters is 2. The van der Waals surface area contributed by atoms with Crippen molar-refractivity contribution in [3.05, 3.63) is 109 Å². The number of hydrogen-bond donors (Lipinski definition) is 6. The lowest BCUT2D eigenvalue weighted by Crippen LogP contribution is -2.30. The molecule has 6 N–H and O–H groups in total. The molecule has 0 aliphatic heterocycles. The molecule has 14 heteroatoms. The van der Waals surface area contributed by atoms with Gasteiger partial charge in [-0.15, -0.1) is 0 Å². The zero-order valence-electron chi connectivity index (χ0n) is 35.7. The molecule has 0 aromatic heterocycles. The van der Waals surface area contributed by atoms with Crippen molar-refractivity contribution in [3.8, 4) is 0 Å². The predicted octanol–water partition coefficient (Wildman–Crippen LogP) is 7.91. The summed E-state index contributed by atoms with van der Waals surface area (Å²) in [6, 6.07) is 0. The molecule has 6 atom stereocenters. The van der Waals surface area contributed by atoms with Crippen LogP contribution in [-0.2, 0) is 32.7 Å². The first-order valence-corrected chi connectivity index (χ1v) is 22.7. The highest BCUT2D eigenvalue weighted by molar-refractivity contribution is 7.47. The highest BCUT2D eigenvalue weighted by Gasteiger charge is 2.27. The molecular formula is C46H73O13P. The van der Waals surface area contributed by atoms with Gasteiger partial charge in [0.1, 0.15) is 12.7 Å². The molecule has 0 bridgehead atoms. The van der Waals surface area contributed by atoms with Gasteiger partial charge in [0.2, 0.25) is 0 Å². The van der Waals surface area contributed by atoms with Gasteiger partial charge in [0.25, 0.3) is 0 Å². The Kier molecular flexibility index (Phi) is 37.3. The van der Waals surface area contributed by atoms with Crippen LogP contribution in [0.3, 0.4) is 0 Å². The molecule has 0 heterocycles. The van der Waals surface area contributed by atoms with Gasteiger partial charge in [-0.1, -0.05) is 136 Å². The lowest BCUT2D eigenvalue weighted by atomic mass is 10.1. The lowest BCUT2D eigenvalue weighted by Gasteiger charge is -2.20. The normalized spacial score (nSPS) is 16.5. The highest BCUT2D eigenvalue weighted by atomic mass is 31.2. The van der Waals surface area contributed by atoms with E-state index in [0.29, 0.717) is 12.8 Å². The Morgan fingerprint density at radius 2 is 1.17 bits per heavy atom. The highest BCUT2D eigenvalue weighted by Crippen LogP contribution is 2.43. The second-order valence-corrected chi connectivity index (χ2v) is 15.3. The van der Waals surface area contributed by atoms with E-state index in [0.717, 1.165) is 57.8 Å². The Morgan fingerprint density at radius 3 is 1.82 bits per heavy atom. The van der Waals surface area contributed by atoms with Crippen LogP contribution in [0.15, 0.2) is 109 Å². The number of carbonyl (C=O) groups excluding carboxylic acids is 2. The van der Waals surface area contributed by atoms with E-state index in [1.165, 1.54) is 6.08 Å². The number of hydrogen-bond acceptors (Lipinski definition) is 12. The molecule has 0 aliphatic carbocycles. The Hall–Kier alpha value is -3.49. The number of aliphatic hydroxyl groups excluding tert-OH is 5. The monoisotopic (exact) mass is 864 g/mol. The molecule has 0 saturated carbocycles. The van der Waals surface area contributed by atoms with Gasteiger partial charge in [-0.2, -0.15) is 0 Å². The molecule has 0 aromatic rings. The van der Waals surface area contributed by atoms with E-state index in [1.54, 1.807) is 42.5 Å². The van der Waals surface area contributed by atoms with E-state index >= 15 is 0 Å². The minimum Gasteiger partial charge on any atom is -0.462 e. The number of ether oxygens (including phenoxy) is 2. The molecule has 0 rings (SSSR count). The van der Waals surface area contributed by atoms with Crippen LogP contribution < -0.4 is 0 Å². The summed E-state index contributed by atoms with van der Waals surface area (Å²) in [5.74, 6) is -1.30. The topological polar surface area (TPSA) is 210 Å². The van der Waals surface area contributed by atoms with Gasteiger partial charge >= 0.3 is 19.8 Å². The maximum atomic E-state index is 12.6. The number of carbonyl (C=O) groups is 2. The van der Waals surface area contributed by atoms with Crippen molar-refractivity contribution < 1.29 is 63.1 Å². The van der Waals surface area contributed by atoms with E-state index in [-0.39, 0.29) is 25.7 Å². The summed E-state index contributed by atoms with van der Waals surface area (Å²) >= 11 is 0. The van der Waals surface area contributed by atoms with E-state index in [1.807, 2.05) is 19.1 Å². The molecule has 0 aliphatic rings. The molecule has 0 amide bonds. The number of aliphatic hydroxyl groups is 5. The van der Waals surface area contributed by atoms with Crippen LogP contribution in [0, 0.1) is 0 Å². The number of allylic oxidation sites excluding steroid dienone is 15. The fourth-order valence-corrected chi connectivity index (χ4v) is 5.70. The van der Waals surface area contributed by atoms with Gasteiger partial charge in [-0.05, 0) is 70.6 Å². The third-order valence-electron chi connectivity index (χ3n) is 8.27. The smallest absolute Gasteiger partial charge is 0.462 e. The molecule has 0 saturated heterocycles. The third kappa shape index (κ3) is 37.5. The SMILES string of the molecule is CC/C=C\C/C=C\C/C=C\C/C=C\CCCCCCC(=O)OC[C@H](COP(=O)(O)OC[C@@H](O)CO)OC(=O)CCC[C@@H](O)[C@H](O)\C=C/C=C\C=C\C=C\[C@@H](O)C/C=C\CC. The van der Waals surface area contributed by atoms with Gasteiger partial charge in [0.05, 0.1) is 38.1 Å². The van der Waals surface area contributed by atoms with Crippen LogP contribution in [0.5, 0.6) is 0 Å². The molecule has 340 valence electrons. The van der Waals surface area contributed by atoms with Crippen LogP contribution in [0.4, 0.5) is 0 Å². The standard InChI is InChI=1S/C46H73O13P/c1-3-5-7-8-9-10-11-12-13-14-15-16-17-18-19-24-28-34-45(52)56-38-42(39-58-60(54,55)57-37-41(49)36-47)59-46(53)35-29-33-44(51)43(50)32-27-23-21-20-22-26-31-40(48)30-25-6-4-2/h5-7,9-10,12-13,15-16,20-23,25-27,31-32,40-44,47-51H,3-4,8,11,14,17-19,24,28-30,33-39H2,1-2H3,(H,54,55)/b7-5-,10-9-,13-12-,16-15-,22-20+,23-21-,25-6-,31-26+,32-27-/t40-,41-,42+,43+,44+/m0/s1. The molecule has 60 heavy (non-hydrogen) atoms. The minimum absolute atomic E-state index is 0.0528. The van der Waals surface area contributed by atoms with Gasteiger partial charge in [-0.3, -0.25) is 18.6 Å². The summed E-state index contributed by atoms with van der Waals surface area (Å²) in [7, 11) is -4.73. The molecular weight excluding hydrogens is 791 g/mol. The number of rotatable bonds is 37. The molecule has 1 unspecified atom stereocenters. The molecule has 0 fully saturated rings. The number of unbranched alkanes of at least 4 members (excludes halogenated alkanes) is 4. The van der Waals surface area contributed by atoms with E-state index in [4.69, 9.17) is 19.1 Å². The molecule has 0 aromatic carbocycles. The first kappa shape index (κ1) is 56.5. The minimum atomic E-state index is -4.73. The second-order valence-electron chi connectivity index (χ2n) is 13.8. The van der Waals surface area contributed by atoms with Gasteiger partial charge < -0.3 is 39.9 Å². The quantitative estimate of drug-likeness (QED) is 0.0116. The number of phosphoric ester groups is 1. The van der Waals surface area contributed by atoms with Crippen molar-refractivity contribution in [2.45, 2.75) is 141 Å². The zero-order valence-corrected chi connectivity index (χ0v) is 36.6. The summed E-state index contributed by atoms with van der Waals surface area (Å²) in [5, 5.41) is 48.8. The van der Waals surface area contributed by atoms with E-state index in [2.05, 4.69) is 60.1 Å². The summed E-state index contributed by atoms with van der Waals surface area (Å²) < 4.78 is 32.4. The van der Waals surface area contributed by atoms with Crippen molar-refractivity contribution in [2.24, 2.45) is 0 Å². The van der Waals surface area contributed by atoms with Crippen LogP contribution in [-0.4, -0.2) is 99.3 Å². The van der Waals surface area contributed by atoms with Crippen LogP contribution in [0.25, 0.3) is 0 Å². The summed E-state index contributed by atoms with van der Waals surface area (Å²) in [6.45, 7) is 1.61. The average molecular weight is 865 g/mol. The summed E-state index contributed by atoms with van der Waals surface area (Å²) in [4.78, 5) is 35.0. The summed E-state index contributed by atoms with van der Waals surface area (Å²) in [6.07, 6.45) is 38.5. The number of phosphoric acid groups is 1. The van der Waals surface area contributed by atoms with Gasteiger partial charge in [0.15, 0.2) is 6.10 Å². The van der Waals surface area contributed by atoms with Gasteiger partial charge in [0, 0.05) is 12.8 Å². The average Bonchev–Trinajstić information content (AvgIpc) is 3.22. The van der Waals surface area contributed by atoms with Crippen molar-refractivity contribution in [1.82, 2.24) is 0 Å². The van der Waals surface area contributed by atoms with Crippen LogP contribution in [0.2, 0.25) is 0 Å². The van der Waals surface area contributed by atoms with E-state index in [9.17, 15) is 39.5 Å². The maximum absolute atomic E-state index is 12.6. The fraction of sp³-hybridized carbons (Fsp3) is 0.565. The van der Waals surface area contributed by atoms with Crippen molar-refractivity contribution in [1.29, 1.82) is 0 Å². The second kappa shape index (κ2) is 39.6. The Bertz CT molecular complexity index is 1410. The molecule has 0 spiro atoms. The Morgan fingerprint density at radius 1 is 0.617 bits per heavy atom. The fourth-order valence-electron chi connectivity index (χ4n) is 4.91. The maximum Gasteiger partial charge on any atom is 0.472 e. The van der Waals surface area contributed by atoms with Gasteiger partial charge in [-0.25, -0.2) is 4.57 Å². The zero-order chi connectivity index (χ0) is 44.5. The first-order valence-electron chi connectivity index (χ1n) is 21.2. The largest absolute Gasteiger partial charge is 0.472 e. The van der Waals surface area contributed by atoms with Crippen molar-refractivity contribution in [2.75, 3.05) is 26.4 Å². The third-order valence-corrected chi connectivity index (χ3v) is 9.22. The van der Waals surface area contributed by atoms with Crippen LogP contribution >= 0.6 is 7.82 Å². The Balaban J connectivity index is 4.71. The van der Waals surface area contributed by atoms with Crippen LogP contribution in [0.1, 0.15) is 110 Å². The molecule has 13 nitrogen and oxygen atoms in total.